The fraction of sp³-hybridized carbons (Fsp3) is 0.263. The maximum atomic E-state index is 6.33. The highest BCUT2D eigenvalue weighted by Gasteiger charge is 2.13. The van der Waals surface area contributed by atoms with E-state index in [2.05, 4.69) is 25.6 Å². The van der Waals surface area contributed by atoms with Crippen LogP contribution in [0.5, 0.6) is 0 Å². The van der Waals surface area contributed by atoms with Crippen LogP contribution in [-0.4, -0.2) is 54.2 Å². The zero-order valence-corrected chi connectivity index (χ0v) is 17.3. The lowest BCUT2D eigenvalue weighted by Gasteiger charge is -2.16. The van der Waals surface area contributed by atoms with Crippen LogP contribution in [0.3, 0.4) is 0 Å². The van der Waals surface area contributed by atoms with E-state index in [1.807, 2.05) is 81.3 Å². The van der Waals surface area contributed by atoms with Crippen molar-refractivity contribution in [2.24, 2.45) is 5.10 Å². The molecular formula is C19H23ClN8. The third-order valence-corrected chi connectivity index (χ3v) is 4.33. The van der Waals surface area contributed by atoms with Crippen LogP contribution in [-0.2, 0) is 0 Å². The molecule has 0 saturated heterocycles. The highest BCUT2D eigenvalue weighted by Crippen LogP contribution is 2.21. The molecule has 146 valence electrons. The molecule has 0 radical (unpaired) electrons. The second-order valence-electron chi connectivity index (χ2n) is 6.61. The van der Waals surface area contributed by atoms with Gasteiger partial charge < -0.3 is 9.80 Å². The number of anilines is 3. The van der Waals surface area contributed by atoms with Gasteiger partial charge in [0.05, 0.1) is 23.2 Å². The van der Waals surface area contributed by atoms with Crippen LogP contribution in [0.15, 0.2) is 41.5 Å². The smallest absolute Gasteiger partial charge is 0.228 e. The third-order valence-electron chi connectivity index (χ3n) is 4.05. The summed E-state index contributed by atoms with van der Waals surface area (Å²) in [5, 5.41) is 9.09. The molecule has 28 heavy (non-hydrogen) atoms. The van der Waals surface area contributed by atoms with Crippen molar-refractivity contribution >= 4 is 35.4 Å². The second-order valence-corrected chi connectivity index (χ2v) is 6.97. The molecule has 0 saturated carbocycles. The lowest BCUT2D eigenvalue weighted by Crippen LogP contribution is -2.17. The topological polar surface area (TPSA) is 74.5 Å². The van der Waals surface area contributed by atoms with Gasteiger partial charge in [0, 0.05) is 34.3 Å². The van der Waals surface area contributed by atoms with Crippen molar-refractivity contribution in [2.45, 2.75) is 6.92 Å². The van der Waals surface area contributed by atoms with Crippen LogP contribution in [0.1, 0.15) is 11.3 Å². The summed E-state index contributed by atoms with van der Waals surface area (Å²) in [6, 6.07) is 11.6. The van der Waals surface area contributed by atoms with Gasteiger partial charge >= 0.3 is 0 Å². The monoisotopic (exact) mass is 398 g/mol. The van der Waals surface area contributed by atoms with Crippen molar-refractivity contribution in [2.75, 3.05) is 43.4 Å². The van der Waals surface area contributed by atoms with Crippen molar-refractivity contribution in [3.8, 4) is 5.69 Å². The predicted molar refractivity (Wildman–Crippen MR) is 115 cm³/mol. The number of benzene rings is 1. The quantitative estimate of drug-likeness (QED) is 0.507. The Morgan fingerprint density at radius 1 is 1.07 bits per heavy atom. The minimum atomic E-state index is 0.387. The Balaban J connectivity index is 1.85. The van der Waals surface area contributed by atoms with Crippen molar-refractivity contribution in [1.29, 1.82) is 0 Å². The zero-order valence-electron chi connectivity index (χ0n) is 16.5. The van der Waals surface area contributed by atoms with Gasteiger partial charge in [-0.1, -0.05) is 29.8 Å². The molecule has 8 nitrogen and oxygen atoms in total. The van der Waals surface area contributed by atoms with E-state index in [4.69, 9.17) is 11.6 Å². The molecule has 1 aromatic carbocycles. The van der Waals surface area contributed by atoms with E-state index in [0.29, 0.717) is 16.9 Å². The number of halogens is 1. The second kappa shape index (κ2) is 8.26. The summed E-state index contributed by atoms with van der Waals surface area (Å²) in [4.78, 5) is 12.7. The SMILES string of the molecule is Cc1c(/C=N/Nc2cc(N(C)C)nc(N(C)C)n2)c(Cl)nn1-c1ccccc1. The largest absolute Gasteiger partial charge is 0.363 e. The van der Waals surface area contributed by atoms with E-state index in [9.17, 15) is 0 Å². The minimum Gasteiger partial charge on any atom is -0.363 e. The summed E-state index contributed by atoms with van der Waals surface area (Å²) in [6.45, 7) is 1.95. The molecule has 0 aliphatic rings. The number of hydrogen-bond acceptors (Lipinski definition) is 7. The lowest BCUT2D eigenvalue weighted by atomic mass is 10.2. The van der Waals surface area contributed by atoms with E-state index < -0.39 is 0 Å². The molecule has 0 amide bonds. The Bertz CT molecular complexity index is 953. The van der Waals surface area contributed by atoms with Crippen molar-refractivity contribution < 1.29 is 0 Å². The van der Waals surface area contributed by atoms with Gasteiger partial charge in [0.15, 0.2) is 11.0 Å². The zero-order chi connectivity index (χ0) is 20.3. The first-order valence-corrected chi connectivity index (χ1v) is 9.08. The summed E-state index contributed by atoms with van der Waals surface area (Å²) >= 11 is 6.33. The molecule has 3 rings (SSSR count). The normalized spacial score (nSPS) is 11.1. The van der Waals surface area contributed by atoms with Gasteiger partial charge in [-0.2, -0.15) is 20.2 Å². The molecule has 0 aliphatic carbocycles. The number of rotatable bonds is 6. The molecule has 0 bridgehead atoms. The van der Waals surface area contributed by atoms with Crippen LogP contribution < -0.4 is 15.2 Å². The van der Waals surface area contributed by atoms with Gasteiger partial charge in [0.2, 0.25) is 5.95 Å². The fourth-order valence-electron chi connectivity index (χ4n) is 2.52. The lowest BCUT2D eigenvalue weighted by molar-refractivity contribution is 0.847. The number of nitrogens with one attached hydrogen (secondary N) is 1. The molecule has 0 unspecified atom stereocenters. The van der Waals surface area contributed by atoms with Crippen LogP contribution in [0.4, 0.5) is 17.6 Å². The highest BCUT2D eigenvalue weighted by molar-refractivity contribution is 6.32. The Morgan fingerprint density at radius 3 is 2.43 bits per heavy atom. The van der Waals surface area contributed by atoms with Crippen LogP contribution in [0.25, 0.3) is 5.69 Å². The van der Waals surface area contributed by atoms with E-state index in [1.165, 1.54) is 0 Å². The Kier molecular flexibility index (Phi) is 5.79. The summed E-state index contributed by atoms with van der Waals surface area (Å²) in [6.07, 6.45) is 1.65. The average Bonchev–Trinajstić information content (AvgIpc) is 2.96. The number of hydrazone groups is 1. The molecule has 0 aliphatic heterocycles. The summed E-state index contributed by atoms with van der Waals surface area (Å²) in [5.41, 5.74) is 5.54. The van der Waals surface area contributed by atoms with Gasteiger partial charge in [0.1, 0.15) is 5.82 Å². The first-order chi connectivity index (χ1) is 13.4. The first-order valence-electron chi connectivity index (χ1n) is 8.70. The van der Waals surface area contributed by atoms with Crippen molar-refractivity contribution in [3.05, 3.63) is 52.8 Å². The van der Waals surface area contributed by atoms with Gasteiger partial charge in [-0.15, -0.1) is 0 Å². The standard InChI is InChI=1S/C19H23ClN8/c1-13-15(18(20)25-28(13)14-9-7-6-8-10-14)12-21-24-16-11-17(26(2)3)23-19(22-16)27(4)5/h6-12H,1-5H3,(H,22,23,24)/b21-12+. The number of hydrogen-bond donors (Lipinski definition) is 1. The first kappa shape index (κ1) is 19.6. The molecule has 9 heteroatoms. The number of para-hydroxylation sites is 1. The number of aromatic nitrogens is 4. The molecule has 1 N–H and O–H groups in total. The Hall–Kier alpha value is -3.13. The maximum absolute atomic E-state index is 6.33. The van der Waals surface area contributed by atoms with E-state index in [-0.39, 0.29) is 0 Å². The van der Waals surface area contributed by atoms with Gasteiger partial charge in [-0.3, -0.25) is 5.43 Å². The molecule has 0 atom stereocenters. The molecular weight excluding hydrogens is 376 g/mol. The molecule has 2 aromatic heterocycles. The third kappa shape index (κ3) is 4.23. The van der Waals surface area contributed by atoms with Gasteiger partial charge in [-0.25, -0.2) is 4.68 Å². The summed E-state index contributed by atoms with van der Waals surface area (Å²) in [7, 11) is 7.64. The fourth-order valence-corrected chi connectivity index (χ4v) is 2.78. The summed E-state index contributed by atoms with van der Waals surface area (Å²) in [5.74, 6) is 1.96. The molecule has 3 aromatic rings. The Morgan fingerprint density at radius 2 is 1.79 bits per heavy atom. The summed E-state index contributed by atoms with van der Waals surface area (Å²) < 4.78 is 1.79. The van der Waals surface area contributed by atoms with Crippen LogP contribution in [0.2, 0.25) is 5.15 Å². The maximum Gasteiger partial charge on any atom is 0.228 e. The van der Waals surface area contributed by atoms with E-state index in [0.717, 1.165) is 22.8 Å². The Labute approximate surface area is 169 Å². The van der Waals surface area contributed by atoms with Crippen LogP contribution in [0, 0.1) is 6.92 Å². The highest BCUT2D eigenvalue weighted by atomic mass is 35.5. The van der Waals surface area contributed by atoms with Gasteiger partial charge in [0.25, 0.3) is 0 Å². The molecule has 2 heterocycles. The van der Waals surface area contributed by atoms with Gasteiger partial charge in [-0.05, 0) is 19.1 Å². The van der Waals surface area contributed by atoms with Crippen LogP contribution >= 0.6 is 11.6 Å². The number of nitrogens with zero attached hydrogens (tertiary/aromatic N) is 7. The average molecular weight is 399 g/mol. The van der Waals surface area contributed by atoms with Crippen molar-refractivity contribution in [1.82, 2.24) is 19.7 Å². The van der Waals surface area contributed by atoms with Crippen molar-refractivity contribution in [3.63, 3.8) is 0 Å². The minimum absolute atomic E-state index is 0.387. The molecule has 0 spiro atoms. The molecule has 0 fully saturated rings. The van der Waals surface area contributed by atoms with E-state index >= 15 is 0 Å². The van der Waals surface area contributed by atoms with E-state index in [1.54, 1.807) is 10.9 Å². The predicted octanol–water partition coefficient (Wildman–Crippen LogP) is 3.20.